The molecule has 9 nitrogen and oxygen atoms in total. The molecular weight excluding hydrogens is 344 g/mol. The minimum Gasteiger partial charge on any atom is -0.497 e. The summed E-state index contributed by atoms with van der Waals surface area (Å²) in [6, 6.07) is 7.38. The van der Waals surface area contributed by atoms with Gasteiger partial charge < -0.3 is 15.4 Å². The number of nitro groups is 1. The van der Waals surface area contributed by atoms with E-state index in [0.29, 0.717) is 11.7 Å². The Kier molecular flexibility index (Phi) is 5.00. The highest BCUT2D eigenvalue weighted by molar-refractivity contribution is 7.13. The van der Waals surface area contributed by atoms with Crippen LogP contribution in [0.3, 0.4) is 0 Å². The number of hydrogen-bond acceptors (Lipinski definition) is 9. The standard InChI is InChI=1S/C15H14N6O3S/c1-24-11-4-2-10(3-5-11)8-17-13-12(21(22)23)14(19-9-18-13)20-15-16-6-7-25-15/h2-7,9H,8H2,1H3,(H2,16,17,18,19,20). The number of hydrogen-bond donors (Lipinski definition) is 2. The van der Waals surface area contributed by atoms with Gasteiger partial charge in [-0.3, -0.25) is 10.1 Å². The fourth-order valence-corrected chi connectivity index (χ4v) is 2.62. The van der Waals surface area contributed by atoms with E-state index in [-0.39, 0.29) is 17.3 Å². The maximum absolute atomic E-state index is 11.5. The predicted octanol–water partition coefficient (Wildman–Crippen LogP) is 3.21. The molecule has 0 atom stereocenters. The normalized spacial score (nSPS) is 10.3. The molecule has 25 heavy (non-hydrogen) atoms. The third-order valence-corrected chi connectivity index (χ3v) is 3.97. The summed E-state index contributed by atoms with van der Waals surface area (Å²) in [6.45, 7) is 0.374. The highest BCUT2D eigenvalue weighted by Gasteiger charge is 2.23. The molecular formula is C15H14N6O3S. The number of nitrogens with one attached hydrogen (secondary N) is 2. The Labute approximate surface area is 146 Å². The average molecular weight is 358 g/mol. The number of methoxy groups -OCH3 is 1. The fourth-order valence-electron chi connectivity index (χ4n) is 2.09. The smallest absolute Gasteiger partial charge is 0.353 e. The van der Waals surface area contributed by atoms with Crippen molar-refractivity contribution in [1.29, 1.82) is 0 Å². The van der Waals surface area contributed by atoms with Gasteiger partial charge in [-0.25, -0.2) is 15.0 Å². The van der Waals surface area contributed by atoms with E-state index in [9.17, 15) is 10.1 Å². The summed E-state index contributed by atoms with van der Waals surface area (Å²) in [7, 11) is 1.59. The van der Waals surface area contributed by atoms with Crippen molar-refractivity contribution in [2.45, 2.75) is 6.54 Å². The average Bonchev–Trinajstić information content (AvgIpc) is 3.13. The molecule has 0 aliphatic heterocycles. The second-order valence-electron chi connectivity index (χ2n) is 4.84. The van der Waals surface area contributed by atoms with Crippen LogP contribution < -0.4 is 15.4 Å². The Balaban J connectivity index is 1.81. The highest BCUT2D eigenvalue weighted by Crippen LogP contribution is 2.31. The Morgan fingerprint density at radius 2 is 1.96 bits per heavy atom. The Hall–Kier alpha value is -3.27. The van der Waals surface area contributed by atoms with Crippen molar-refractivity contribution in [2.75, 3.05) is 17.7 Å². The van der Waals surface area contributed by atoms with Gasteiger partial charge in [0, 0.05) is 18.1 Å². The number of benzene rings is 1. The van der Waals surface area contributed by atoms with Crippen molar-refractivity contribution < 1.29 is 9.66 Å². The molecule has 2 heterocycles. The second kappa shape index (κ2) is 7.53. The van der Waals surface area contributed by atoms with Crippen molar-refractivity contribution in [3.05, 3.63) is 57.8 Å². The topological polar surface area (TPSA) is 115 Å². The van der Waals surface area contributed by atoms with Gasteiger partial charge in [0.1, 0.15) is 12.1 Å². The van der Waals surface area contributed by atoms with Gasteiger partial charge in [-0.2, -0.15) is 0 Å². The first-order valence-electron chi connectivity index (χ1n) is 7.20. The zero-order valence-corrected chi connectivity index (χ0v) is 14.0. The lowest BCUT2D eigenvalue weighted by molar-refractivity contribution is -0.383. The van der Waals surface area contributed by atoms with Gasteiger partial charge in [-0.05, 0) is 17.7 Å². The number of aromatic nitrogens is 3. The molecule has 2 N–H and O–H groups in total. The van der Waals surface area contributed by atoms with Crippen LogP contribution in [0.15, 0.2) is 42.2 Å². The van der Waals surface area contributed by atoms with Crippen LogP contribution in [-0.4, -0.2) is 27.0 Å². The maximum atomic E-state index is 11.5. The summed E-state index contributed by atoms with van der Waals surface area (Å²) in [5.74, 6) is 0.966. The van der Waals surface area contributed by atoms with E-state index in [1.54, 1.807) is 18.7 Å². The zero-order chi connectivity index (χ0) is 17.6. The van der Waals surface area contributed by atoms with Crippen LogP contribution in [-0.2, 0) is 6.54 Å². The molecule has 1 aromatic carbocycles. The molecule has 0 unspecified atom stereocenters. The van der Waals surface area contributed by atoms with E-state index >= 15 is 0 Å². The molecule has 0 fully saturated rings. The van der Waals surface area contributed by atoms with Crippen molar-refractivity contribution >= 4 is 33.8 Å². The summed E-state index contributed by atoms with van der Waals surface area (Å²) in [4.78, 5) is 23.0. The quantitative estimate of drug-likeness (QED) is 0.489. The number of nitrogens with zero attached hydrogens (tertiary/aromatic N) is 4. The molecule has 128 valence electrons. The molecule has 0 saturated carbocycles. The van der Waals surface area contributed by atoms with Crippen LogP contribution in [0.1, 0.15) is 5.56 Å². The van der Waals surface area contributed by atoms with Crippen LogP contribution in [0.25, 0.3) is 0 Å². The maximum Gasteiger partial charge on any atom is 0.353 e. The molecule has 0 aliphatic rings. The molecule has 3 rings (SSSR count). The Morgan fingerprint density at radius 3 is 2.60 bits per heavy atom. The molecule has 10 heteroatoms. The molecule has 0 bridgehead atoms. The summed E-state index contributed by atoms with van der Waals surface area (Å²) in [5, 5.41) is 19.6. The molecule has 0 aliphatic carbocycles. The third kappa shape index (κ3) is 3.98. The molecule has 0 radical (unpaired) electrons. The first-order valence-corrected chi connectivity index (χ1v) is 8.08. The van der Waals surface area contributed by atoms with Gasteiger partial charge in [-0.1, -0.05) is 12.1 Å². The van der Waals surface area contributed by atoms with Crippen LogP contribution in [0.5, 0.6) is 5.75 Å². The van der Waals surface area contributed by atoms with Crippen LogP contribution in [0, 0.1) is 10.1 Å². The number of ether oxygens (including phenoxy) is 1. The SMILES string of the molecule is COc1ccc(CNc2ncnc(Nc3nccs3)c2[N+](=O)[O-])cc1. The van der Waals surface area contributed by atoms with Gasteiger partial charge >= 0.3 is 5.69 Å². The fraction of sp³-hybridized carbons (Fsp3) is 0.133. The second-order valence-corrected chi connectivity index (χ2v) is 5.74. The van der Waals surface area contributed by atoms with Gasteiger partial charge in [0.2, 0.25) is 11.6 Å². The van der Waals surface area contributed by atoms with Gasteiger partial charge in [0.15, 0.2) is 5.13 Å². The molecule has 0 amide bonds. The lowest BCUT2D eigenvalue weighted by atomic mass is 10.2. The van der Waals surface area contributed by atoms with E-state index in [4.69, 9.17) is 4.74 Å². The van der Waals surface area contributed by atoms with Crippen molar-refractivity contribution in [1.82, 2.24) is 15.0 Å². The van der Waals surface area contributed by atoms with E-state index < -0.39 is 4.92 Å². The lowest BCUT2D eigenvalue weighted by Crippen LogP contribution is -2.08. The Bertz CT molecular complexity index is 854. The minimum absolute atomic E-state index is 0.0900. The monoisotopic (exact) mass is 358 g/mol. The predicted molar refractivity (Wildman–Crippen MR) is 94.4 cm³/mol. The number of thiazole rings is 1. The first-order chi connectivity index (χ1) is 12.2. The van der Waals surface area contributed by atoms with Crippen LogP contribution >= 0.6 is 11.3 Å². The van der Waals surface area contributed by atoms with Crippen LogP contribution in [0.4, 0.5) is 22.5 Å². The van der Waals surface area contributed by atoms with Crippen molar-refractivity contribution in [2.24, 2.45) is 0 Å². The summed E-state index contributed by atoms with van der Waals surface area (Å²) in [5.41, 5.74) is 0.703. The van der Waals surface area contributed by atoms with Gasteiger partial charge in [0.05, 0.1) is 12.0 Å². The summed E-state index contributed by atoms with van der Waals surface area (Å²) in [6.07, 6.45) is 2.86. The minimum atomic E-state index is -0.522. The summed E-state index contributed by atoms with van der Waals surface area (Å²) < 4.78 is 5.10. The Morgan fingerprint density at radius 1 is 1.20 bits per heavy atom. The van der Waals surface area contributed by atoms with E-state index in [1.807, 2.05) is 24.3 Å². The van der Waals surface area contributed by atoms with E-state index in [2.05, 4.69) is 25.6 Å². The molecule has 3 aromatic rings. The van der Waals surface area contributed by atoms with E-state index in [0.717, 1.165) is 11.3 Å². The molecule has 2 aromatic heterocycles. The number of rotatable bonds is 7. The molecule has 0 spiro atoms. The van der Waals surface area contributed by atoms with Crippen molar-refractivity contribution in [3.8, 4) is 5.75 Å². The highest BCUT2D eigenvalue weighted by atomic mass is 32.1. The third-order valence-electron chi connectivity index (χ3n) is 3.28. The lowest BCUT2D eigenvalue weighted by Gasteiger charge is -2.09. The summed E-state index contributed by atoms with van der Waals surface area (Å²) >= 11 is 1.32. The number of anilines is 3. The van der Waals surface area contributed by atoms with Crippen LogP contribution in [0.2, 0.25) is 0 Å². The van der Waals surface area contributed by atoms with Gasteiger partial charge in [-0.15, -0.1) is 11.3 Å². The van der Waals surface area contributed by atoms with Crippen molar-refractivity contribution in [3.63, 3.8) is 0 Å². The van der Waals surface area contributed by atoms with Gasteiger partial charge in [0.25, 0.3) is 0 Å². The zero-order valence-electron chi connectivity index (χ0n) is 13.2. The largest absolute Gasteiger partial charge is 0.497 e. The first kappa shape index (κ1) is 16.6. The molecule has 0 saturated heterocycles. The van der Waals surface area contributed by atoms with E-state index in [1.165, 1.54) is 17.7 Å².